The molecule has 3 rings (SSSR count). The number of benzene rings is 1. The number of carbonyl (C=O) groups is 1. The Hall–Kier alpha value is -1.77. The van der Waals surface area contributed by atoms with E-state index < -0.39 is 5.97 Å². The summed E-state index contributed by atoms with van der Waals surface area (Å²) in [6.45, 7) is 2.22. The molecule has 1 aliphatic carbocycles. The number of carboxylic acids is 1. The molecule has 1 aromatic heterocycles. The second kappa shape index (κ2) is 4.72. The highest BCUT2D eigenvalue weighted by Gasteiger charge is 2.23. The van der Waals surface area contributed by atoms with E-state index in [4.69, 9.17) is 5.11 Å². The number of fused-ring (bicyclic) bond motifs is 3. The SMILES string of the molecule is CCCC1CCCc2c1[nH]c1ccc(C(=O)O)cc21. The molecule has 0 radical (unpaired) electrons. The third-order valence-electron chi connectivity index (χ3n) is 4.21. The molecule has 2 N–H and O–H groups in total. The first kappa shape index (κ1) is 12.3. The predicted octanol–water partition coefficient (Wildman–Crippen LogP) is 4.09. The highest BCUT2D eigenvalue weighted by Crippen LogP contribution is 2.38. The molecule has 0 aliphatic heterocycles. The van der Waals surface area contributed by atoms with Crippen LogP contribution in [0.1, 0.15) is 60.1 Å². The van der Waals surface area contributed by atoms with Gasteiger partial charge >= 0.3 is 5.97 Å². The first-order valence-corrected chi connectivity index (χ1v) is 7.08. The molecule has 100 valence electrons. The average molecular weight is 257 g/mol. The summed E-state index contributed by atoms with van der Waals surface area (Å²) in [4.78, 5) is 14.6. The zero-order chi connectivity index (χ0) is 13.4. The first-order valence-electron chi connectivity index (χ1n) is 7.08. The third kappa shape index (κ3) is 2.03. The Morgan fingerprint density at radius 3 is 3.05 bits per heavy atom. The fraction of sp³-hybridized carbons (Fsp3) is 0.438. The Kier molecular flexibility index (Phi) is 3.05. The normalized spacial score (nSPS) is 18.5. The van der Waals surface area contributed by atoms with E-state index in [0.29, 0.717) is 11.5 Å². The van der Waals surface area contributed by atoms with Crippen LogP contribution < -0.4 is 0 Å². The summed E-state index contributed by atoms with van der Waals surface area (Å²) >= 11 is 0. The highest BCUT2D eigenvalue weighted by atomic mass is 16.4. The molecule has 1 aliphatic rings. The van der Waals surface area contributed by atoms with Gasteiger partial charge in [0.15, 0.2) is 0 Å². The summed E-state index contributed by atoms with van der Waals surface area (Å²) < 4.78 is 0. The van der Waals surface area contributed by atoms with Gasteiger partial charge in [-0.1, -0.05) is 13.3 Å². The molecule has 2 aromatic rings. The maximum Gasteiger partial charge on any atom is 0.335 e. The number of nitrogens with one attached hydrogen (secondary N) is 1. The van der Waals surface area contributed by atoms with Crippen molar-refractivity contribution in [1.82, 2.24) is 4.98 Å². The quantitative estimate of drug-likeness (QED) is 0.870. The molecule has 0 spiro atoms. The summed E-state index contributed by atoms with van der Waals surface area (Å²) in [7, 11) is 0. The molecular weight excluding hydrogens is 238 g/mol. The number of aromatic nitrogens is 1. The van der Waals surface area contributed by atoms with E-state index in [1.165, 1.54) is 36.9 Å². The van der Waals surface area contributed by atoms with E-state index in [9.17, 15) is 4.79 Å². The molecule has 0 bridgehead atoms. The van der Waals surface area contributed by atoms with E-state index in [1.54, 1.807) is 6.07 Å². The number of hydrogen-bond acceptors (Lipinski definition) is 1. The van der Waals surface area contributed by atoms with Crippen LogP contribution >= 0.6 is 0 Å². The van der Waals surface area contributed by atoms with Crippen LogP contribution in [-0.4, -0.2) is 16.1 Å². The molecule has 0 saturated heterocycles. The first-order chi connectivity index (χ1) is 9.20. The lowest BCUT2D eigenvalue weighted by atomic mass is 9.84. The Morgan fingerprint density at radius 2 is 2.32 bits per heavy atom. The lowest BCUT2D eigenvalue weighted by Gasteiger charge is -2.22. The minimum absolute atomic E-state index is 0.381. The summed E-state index contributed by atoms with van der Waals surface area (Å²) in [6, 6.07) is 5.41. The monoisotopic (exact) mass is 257 g/mol. The predicted molar refractivity (Wildman–Crippen MR) is 75.8 cm³/mol. The van der Waals surface area contributed by atoms with Gasteiger partial charge < -0.3 is 10.1 Å². The van der Waals surface area contributed by atoms with E-state index in [0.717, 1.165) is 17.3 Å². The smallest absolute Gasteiger partial charge is 0.335 e. The van der Waals surface area contributed by atoms with Crippen molar-refractivity contribution in [3.05, 3.63) is 35.0 Å². The Balaban J connectivity index is 2.14. The molecule has 1 atom stereocenters. The van der Waals surface area contributed by atoms with Crippen molar-refractivity contribution in [2.45, 2.75) is 44.9 Å². The van der Waals surface area contributed by atoms with Gasteiger partial charge in [-0.05, 0) is 55.4 Å². The zero-order valence-corrected chi connectivity index (χ0v) is 11.2. The van der Waals surface area contributed by atoms with Gasteiger partial charge in [0.25, 0.3) is 0 Å². The Bertz CT molecular complexity index is 627. The third-order valence-corrected chi connectivity index (χ3v) is 4.21. The van der Waals surface area contributed by atoms with Gasteiger partial charge in [-0.3, -0.25) is 0 Å². The molecule has 1 aromatic carbocycles. The van der Waals surface area contributed by atoms with Crippen LogP contribution in [0.4, 0.5) is 0 Å². The van der Waals surface area contributed by atoms with Crippen LogP contribution in [0.2, 0.25) is 0 Å². The van der Waals surface area contributed by atoms with Gasteiger partial charge in [-0.15, -0.1) is 0 Å². The van der Waals surface area contributed by atoms with Gasteiger partial charge in [0.1, 0.15) is 0 Å². The minimum Gasteiger partial charge on any atom is -0.478 e. The molecule has 0 fully saturated rings. The van der Waals surface area contributed by atoms with Crippen molar-refractivity contribution in [1.29, 1.82) is 0 Å². The molecule has 3 nitrogen and oxygen atoms in total. The van der Waals surface area contributed by atoms with Crippen LogP contribution in [0.5, 0.6) is 0 Å². The highest BCUT2D eigenvalue weighted by molar-refractivity contribution is 5.95. The number of carboxylic acid groups (broad SMARTS) is 1. The van der Waals surface area contributed by atoms with Crippen molar-refractivity contribution >= 4 is 16.9 Å². The van der Waals surface area contributed by atoms with E-state index in [2.05, 4.69) is 11.9 Å². The Morgan fingerprint density at radius 1 is 1.47 bits per heavy atom. The van der Waals surface area contributed by atoms with Crippen LogP contribution in [0.15, 0.2) is 18.2 Å². The number of aromatic amines is 1. The van der Waals surface area contributed by atoms with Gasteiger partial charge in [-0.25, -0.2) is 4.79 Å². The lowest BCUT2D eigenvalue weighted by Crippen LogP contribution is -2.08. The van der Waals surface area contributed by atoms with Crippen molar-refractivity contribution in [3.63, 3.8) is 0 Å². The number of hydrogen-bond donors (Lipinski definition) is 2. The second-order valence-electron chi connectivity index (χ2n) is 5.46. The van der Waals surface area contributed by atoms with Crippen LogP contribution in [0.25, 0.3) is 10.9 Å². The molecule has 1 heterocycles. The fourth-order valence-corrected chi connectivity index (χ4v) is 3.33. The Labute approximate surface area is 112 Å². The molecule has 0 amide bonds. The molecule has 19 heavy (non-hydrogen) atoms. The summed E-state index contributed by atoms with van der Waals surface area (Å²) in [5.41, 5.74) is 4.17. The lowest BCUT2D eigenvalue weighted by molar-refractivity contribution is 0.0697. The van der Waals surface area contributed by atoms with Crippen molar-refractivity contribution in [2.24, 2.45) is 0 Å². The van der Waals surface area contributed by atoms with Gasteiger partial charge in [0.2, 0.25) is 0 Å². The standard InChI is InChI=1S/C16H19NO2/c1-2-4-10-5-3-6-12-13-9-11(16(18)19)7-8-14(13)17-15(10)12/h7-10,17H,2-6H2,1H3,(H,18,19). The van der Waals surface area contributed by atoms with E-state index in [1.807, 2.05) is 12.1 Å². The van der Waals surface area contributed by atoms with Crippen LogP contribution in [0, 0.1) is 0 Å². The van der Waals surface area contributed by atoms with Gasteiger partial charge in [-0.2, -0.15) is 0 Å². The fourth-order valence-electron chi connectivity index (χ4n) is 3.33. The molecule has 1 unspecified atom stereocenters. The largest absolute Gasteiger partial charge is 0.478 e. The number of aromatic carboxylic acids is 1. The average Bonchev–Trinajstić information content (AvgIpc) is 2.78. The maximum atomic E-state index is 11.1. The van der Waals surface area contributed by atoms with E-state index >= 15 is 0 Å². The van der Waals surface area contributed by atoms with Crippen molar-refractivity contribution in [2.75, 3.05) is 0 Å². The summed E-state index contributed by atoms with van der Waals surface area (Å²) in [6.07, 6.45) is 5.94. The minimum atomic E-state index is -0.849. The molecule has 0 saturated carbocycles. The number of H-pyrrole nitrogens is 1. The van der Waals surface area contributed by atoms with Crippen LogP contribution in [-0.2, 0) is 6.42 Å². The number of rotatable bonds is 3. The van der Waals surface area contributed by atoms with Gasteiger partial charge in [0, 0.05) is 16.6 Å². The summed E-state index contributed by atoms with van der Waals surface area (Å²) in [5.74, 6) is -0.229. The van der Waals surface area contributed by atoms with E-state index in [-0.39, 0.29) is 0 Å². The maximum absolute atomic E-state index is 11.1. The molecular formula is C16H19NO2. The van der Waals surface area contributed by atoms with Crippen molar-refractivity contribution in [3.8, 4) is 0 Å². The van der Waals surface area contributed by atoms with Crippen LogP contribution in [0.3, 0.4) is 0 Å². The topological polar surface area (TPSA) is 53.1 Å². The van der Waals surface area contributed by atoms with Gasteiger partial charge in [0.05, 0.1) is 5.56 Å². The van der Waals surface area contributed by atoms with Crippen molar-refractivity contribution < 1.29 is 9.90 Å². The number of aryl methyl sites for hydroxylation is 1. The second-order valence-corrected chi connectivity index (χ2v) is 5.46. The zero-order valence-electron chi connectivity index (χ0n) is 11.2. The molecule has 3 heteroatoms. The summed E-state index contributed by atoms with van der Waals surface area (Å²) in [5, 5.41) is 10.2.